The number of nitrogens with one attached hydrogen (secondary N) is 1. The standard InChI is InChI=1S/C22H28N2O4S/c1-3-21(18-7-9-20(10-8-18)29(2,26)27)23-22(25)19-6-4-5-17(15-19)16-24-11-13-28-14-12-24/h4-10,15,21H,3,11-14,16H2,1-2H3,(H,23,25)/t21-/m1/s1. The molecule has 2 aromatic carbocycles. The van der Waals surface area contributed by atoms with Gasteiger partial charge in [-0.25, -0.2) is 8.42 Å². The summed E-state index contributed by atoms with van der Waals surface area (Å²) < 4.78 is 28.7. The molecule has 1 amide bonds. The van der Waals surface area contributed by atoms with Gasteiger partial charge in [-0.2, -0.15) is 0 Å². The zero-order valence-electron chi connectivity index (χ0n) is 16.9. The van der Waals surface area contributed by atoms with Gasteiger partial charge in [0.2, 0.25) is 0 Å². The number of carbonyl (C=O) groups excluding carboxylic acids is 1. The molecule has 0 bridgehead atoms. The summed E-state index contributed by atoms with van der Waals surface area (Å²) in [6.45, 7) is 6.08. The van der Waals surface area contributed by atoms with Gasteiger partial charge in [-0.15, -0.1) is 0 Å². The van der Waals surface area contributed by atoms with Crippen LogP contribution in [0.2, 0.25) is 0 Å². The molecule has 1 fully saturated rings. The number of hydrogen-bond donors (Lipinski definition) is 1. The fourth-order valence-electron chi connectivity index (χ4n) is 3.44. The minimum absolute atomic E-state index is 0.132. The van der Waals surface area contributed by atoms with Crippen LogP contribution >= 0.6 is 0 Å². The number of rotatable bonds is 7. The molecule has 0 saturated carbocycles. The minimum Gasteiger partial charge on any atom is -0.379 e. The predicted molar refractivity (Wildman–Crippen MR) is 113 cm³/mol. The summed E-state index contributed by atoms with van der Waals surface area (Å²) in [5.74, 6) is -0.132. The number of hydrogen-bond acceptors (Lipinski definition) is 5. The van der Waals surface area contributed by atoms with E-state index in [1.165, 1.54) is 6.26 Å². The van der Waals surface area contributed by atoms with Gasteiger partial charge in [0.05, 0.1) is 24.2 Å². The Morgan fingerprint density at radius 3 is 2.45 bits per heavy atom. The first-order valence-electron chi connectivity index (χ1n) is 9.86. The maximum absolute atomic E-state index is 12.8. The van der Waals surface area contributed by atoms with Crippen molar-refractivity contribution in [3.63, 3.8) is 0 Å². The number of nitrogens with zero attached hydrogens (tertiary/aromatic N) is 1. The quantitative estimate of drug-likeness (QED) is 0.751. The lowest BCUT2D eigenvalue weighted by molar-refractivity contribution is 0.0342. The number of benzene rings is 2. The Hall–Kier alpha value is -2.22. The highest BCUT2D eigenvalue weighted by Crippen LogP contribution is 2.20. The summed E-state index contributed by atoms with van der Waals surface area (Å²) >= 11 is 0. The molecule has 0 aromatic heterocycles. The van der Waals surface area contributed by atoms with Crippen molar-refractivity contribution in [2.75, 3.05) is 32.6 Å². The van der Waals surface area contributed by atoms with Gasteiger partial charge in [0, 0.05) is 31.5 Å². The van der Waals surface area contributed by atoms with Crippen molar-refractivity contribution in [2.24, 2.45) is 0 Å². The largest absolute Gasteiger partial charge is 0.379 e. The monoisotopic (exact) mass is 416 g/mol. The maximum atomic E-state index is 12.8. The average molecular weight is 417 g/mol. The lowest BCUT2D eigenvalue weighted by atomic mass is 10.0. The number of ether oxygens (including phenoxy) is 1. The summed E-state index contributed by atoms with van der Waals surface area (Å²) in [7, 11) is -3.23. The first kappa shape index (κ1) is 21.5. The van der Waals surface area contributed by atoms with Crippen LogP contribution in [0.25, 0.3) is 0 Å². The van der Waals surface area contributed by atoms with Gasteiger partial charge in [0.25, 0.3) is 5.91 Å². The third-order valence-electron chi connectivity index (χ3n) is 5.12. The summed E-state index contributed by atoms with van der Waals surface area (Å²) in [5, 5.41) is 3.07. The van der Waals surface area contributed by atoms with E-state index in [4.69, 9.17) is 4.74 Å². The average Bonchev–Trinajstić information content (AvgIpc) is 2.72. The first-order chi connectivity index (χ1) is 13.9. The van der Waals surface area contributed by atoms with Crippen LogP contribution in [0, 0.1) is 0 Å². The van der Waals surface area contributed by atoms with Crippen molar-refractivity contribution in [1.29, 1.82) is 0 Å². The second-order valence-electron chi connectivity index (χ2n) is 7.36. The Kier molecular flexibility index (Phi) is 7.05. The topological polar surface area (TPSA) is 75.7 Å². The second kappa shape index (κ2) is 9.52. The van der Waals surface area contributed by atoms with E-state index in [0.717, 1.165) is 44.0 Å². The molecule has 1 heterocycles. The molecule has 7 heteroatoms. The van der Waals surface area contributed by atoms with Gasteiger partial charge in [0.1, 0.15) is 0 Å². The first-order valence-corrected chi connectivity index (χ1v) is 11.8. The van der Waals surface area contributed by atoms with Gasteiger partial charge < -0.3 is 10.1 Å². The summed E-state index contributed by atoms with van der Waals surface area (Å²) in [4.78, 5) is 15.4. The second-order valence-corrected chi connectivity index (χ2v) is 9.38. The van der Waals surface area contributed by atoms with Crippen LogP contribution in [0.4, 0.5) is 0 Å². The van der Waals surface area contributed by atoms with Crippen molar-refractivity contribution in [3.05, 3.63) is 65.2 Å². The van der Waals surface area contributed by atoms with E-state index in [2.05, 4.69) is 10.2 Å². The van der Waals surface area contributed by atoms with E-state index in [9.17, 15) is 13.2 Å². The number of carbonyl (C=O) groups is 1. The number of sulfone groups is 1. The highest BCUT2D eigenvalue weighted by molar-refractivity contribution is 7.90. The molecule has 0 radical (unpaired) electrons. The highest BCUT2D eigenvalue weighted by atomic mass is 32.2. The Labute approximate surface area is 172 Å². The molecule has 156 valence electrons. The summed E-state index contributed by atoms with van der Waals surface area (Å²) in [6.07, 6.45) is 1.89. The third-order valence-corrected chi connectivity index (χ3v) is 6.25. The van der Waals surface area contributed by atoms with Gasteiger partial charge in [-0.05, 0) is 41.8 Å². The van der Waals surface area contributed by atoms with Gasteiger partial charge in [0.15, 0.2) is 9.84 Å². The van der Waals surface area contributed by atoms with E-state index < -0.39 is 9.84 Å². The molecular formula is C22H28N2O4S. The van der Waals surface area contributed by atoms with Gasteiger partial charge in [-0.3, -0.25) is 9.69 Å². The molecule has 1 atom stereocenters. The smallest absolute Gasteiger partial charge is 0.251 e. The molecule has 1 aliphatic rings. The zero-order chi connectivity index (χ0) is 20.9. The van der Waals surface area contributed by atoms with Crippen LogP contribution in [0.1, 0.15) is 40.9 Å². The van der Waals surface area contributed by atoms with Crippen LogP contribution in [0.5, 0.6) is 0 Å². The molecule has 1 saturated heterocycles. The highest BCUT2D eigenvalue weighted by Gasteiger charge is 2.17. The Morgan fingerprint density at radius 1 is 1.14 bits per heavy atom. The molecular weight excluding hydrogens is 388 g/mol. The molecule has 29 heavy (non-hydrogen) atoms. The Balaban J connectivity index is 1.68. The fourth-order valence-corrected chi connectivity index (χ4v) is 4.07. The zero-order valence-corrected chi connectivity index (χ0v) is 17.7. The van der Waals surface area contributed by atoms with Crippen molar-refractivity contribution >= 4 is 15.7 Å². The maximum Gasteiger partial charge on any atom is 0.251 e. The van der Waals surface area contributed by atoms with E-state index in [-0.39, 0.29) is 16.8 Å². The molecule has 2 aromatic rings. The third kappa shape index (κ3) is 5.88. The number of amides is 1. The Bertz CT molecular complexity index is 936. The lowest BCUT2D eigenvalue weighted by Gasteiger charge is -2.26. The van der Waals surface area contributed by atoms with Gasteiger partial charge >= 0.3 is 0 Å². The van der Waals surface area contributed by atoms with Crippen molar-refractivity contribution in [2.45, 2.75) is 30.8 Å². The molecule has 0 spiro atoms. The summed E-state index contributed by atoms with van der Waals surface area (Å²) in [6, 6.07) is 14.2. The van der Waals surface area contributed by atoms with Crippen molar-refractivity contribution in [3.8, 4) is 0 Å². The SMILES string of the molecule is CC[C@@H](NC(=O)c1cccc(CN2CCOCC2)c1)c1ccc(S(C)(=O)=O)cc1. The van der Waals surface area contributed by atoms with E-state index >= 15 is 0 Å². The predicted octanol–water partition coefficient (Wildman–Crippen LogP) is 2.80. The molecule has 1 N–H and O–H groups in total. The fraction of sp³-hybridized carbons (Fsp3) is 0.409. The molecule has 3 rings (SSSR count). The molecule has 1 aliphatic heterocycles. The minimum atomic E-state index is -3.23. The van der Waals surface area contributed by atoms with Crippen LogP contribution in [0.3, 0.4) is 0 Å². The Morgan fingerprint density at radius 2 is 1.83 bits per heavy atom. The van der Waals surface area contributed by atoms with E-state index in [1.807, 2.05) is 31.2 Å². The van der Waals surface area contributed by atoms with E-state index in [1.54, 1.807) is 24.3 Å². The molecule has 6 nitrogen and oxygen atoms in total. The lowest BCUT2D eigenvalue weighted by Crippen LogP contribution is -2.35. The van der Waals surface area contributed by atoms with Crippen molar-refractivity contribution in [1.82, 2.24) is 10.2 Å². The van der Waals surface area contributed by atoms with Crippen LogP contribution in [0.15, 0.2) is 53.4 Å². The van der Waals surface area contributed by atoms with Crippen LogP contribution in [-0.4, -0.2) is 51.8 Å². The van der Waals surface area contributed by atoms with Crippen LogP contribution in [-0.2, 0) is 21.1 Å². The molecule has 0 aliphatic carbocycles. The summed E-state index contributed by atoms with van der Waals surface area (Å²) in [5.41, 5.74) is 2.62. The van der Waals surface area contributed by atoms with Gasteiger partial charge in [-0.1, -0.05) is 31.2 Å². The van der Waals surface area contributed by atoms with Crippen molar-refractivity contribution < 1.29 is 17.9 Å². The van der Waals surface area contributed by atoms with E-state index in [0.29, 0.717) is 12.0 Å². The number of morpholine rings is 1. The molecule has 0 unspecified atom stereocenters. The normalized spacial score (nSPS) is 16.3. The van der Waals surface area contributed by atoms with Crippen LogP contribution < -0.4 is 5.32 Å².